The summed E-state index contributed by atoms with van der Waals surface area (Å²) in [5.41, 5.74) is 13.3. The lowest BCUT2D eigenvalue weighted by Gasteiger charge is -2.06. The first-order chi connectivity index (χ1) is 11.4. The number of carbonyl (C=O) groups excluding carboxylic acids is 1. The standard InChI is InChI=1S/C15H16ClN7O/c1-22-8-5-3-4-6-9(8)23(2)10(22)7-19-15(24)11-13(17)21-14(18)12(16)20-11/h3-6H,7H2,1-2H3,(H4-,17,18,19,21,24)/p+1. The molecule has 24 heavy (non-hydrogen) atoms. The van der Waals surface area contributed by atoms with Crippen LogP contribution >= 0.6 is 11.6 Å². The van der Waals surface area contributed by atoms with E-state index in [-0.39, 0.29) is 22.5 Å². The molecule has 0 radical (unpaired) electrons. The summed E-state index contributed by atoms with van der Waals surface area (Å²) in [6.45, 7) is 0.295. The molecule has 2 heterocycles. The van der Waals surface area contributed by atoms with Gasteiger partial charge in [0.1, 0.15) is 6.54 Å². The first kappa shape index (κ1) is 16.0. The van der Waals surface area contributed by atoms with E-state index >= 15 is 0 Å². The molecule has 0 fully saturated rings. The summed E-state index contributed by atoms with van der Waals surface area (Å²) >= 11 is 5.81. The summed E-state index contributed by atoms with van der Waals surface area (Å²) < 4.78 is 4.03. The summed E-state index contributed by atoms with van der Waals surface area (Å²) in [7, 11) is 3.89. The van der Waals surface area contributed by atoms with E-state index in [1.54, 1.807) is 0 Å². The Kier molecular flexibility index (Phi) is 3.98. The van der Waals surface area contributed by atoms with Crippen molar-refractivity contribution in [2.24, 2.45) is 14.1 Å². The third kappa shape index (κ3) is 2.61. The number of nitrogens with two attached hydrogens (primary N) is 2. The molecule has 0 saturated heterocycles. The van der Waals surface area contributed by atoms with Crippen molar-refractivity contribution in [1.29, 1.82) is 0 Å². The molecule has 0 atom stereocenters. The van der Waals surface area contributed by atoms with Crippen LogP contribution in [0.25, 0.3) is 11.0 Å². The maximum Gasteiger partial charge on any atom is 0.276 e. The molecular formula is C15H17ClN7O+. The molecule has 8 nitrogen and oxygen atoms in total. The second-order valence-corrected chi connectivity index (χ2v) is 5.70. The minimum Gasteiger partial charge on any atom is -0.382 e. The Morgan fingerprint density at radius 1 is 1.29 bits per heavy atom. The second kappa shape index (κ2) is 5.97. The zero-order chi connectivity index (χ0) is 17.4. The van der Waals surface area contributed by atoms with Gasteiger partial charge in [0.25, 0.3) is 11.7 Å². The van der Waals surface area contributed by atoms with Gasteiger partial charge in [0, 0.05) is 0 Å². The van der Waals surface area contributed by atoms with Gasteiger partial charge in [-0.25, -0.2) is 19.1 Å². The Morgan fingerprint density at radius 2 is 2.00 bits per heavy atom. The van der Waals surface area contributed by atoms with Gasteiger partial charge in [-0.15, -0.1) is 0 Å². The number of nitrogen functional groups attached to an aromatic ring is 2. The van der Waals surface area contributed by atoms with E-state index in [2.05, 4.69) is 15.3 Å². The largest absolute Gasteiger partial charge is 0.382 e. The van der Waals surface area contributed by atoms with E-state index in [1.165, 1.54) is 0 Å². The predicted octanol–water partition coefficient (Wildman–Crippen LogP) is 0.541. The van der Waals surface area contributed by atoms with Gasteiger partial charge in [-0.3, -0.25) is 4.79 Å². The van der Waals surface area contributed by atoms with Crippen molar-refractivity contribution >= 4 is 40.2 Å². The van der Waals surface area contributed by atoms with Crippen molar-refractivity contribution in [2.45, 2.75) is 6.54 Å². The minimum absolute atomic E-state index is 0.00852. The minimum atomic E-state index is -0.466. The van der Waals surface area contributed by atoms with Crippen molar-refractivity contribution in [3.8, 4) is 0 Å². The Labute approximate surface area is 143 Å². The highest BCUT2D eigenvalue weighted by Gasteiger charge is 2.22. The average molecular weight is 347 g/mol. The van der Waals surface area contributed by atoms with Crippen LogP contribution in [0.15, 0.2) is 24.3 Å². The molecule has 1 aromatic carbocycles. The van der Waals surface area contributed by atoms with Crippen LogP contribution in [0, 0.1) is 0 Å². The number of halogens is 1. The van der Waals surface area contributed by atoms with Crippen molar-refractivity contribution < 1.29 is 9.36 Å². The van der Waals surface area contributed by atoms with Gasteiger partial charge in [-0.05, 0) is 12.1 Å². The monoisotopic (exact) mass is 346 g/mol. The number of amides is 1. The number of aryl methyl sites for hydroxylation is 2. The summed E-state index contributed by atoms with van der Waals surface area (Å²) in [4.78, 5) is 20.0. The highest BCUT2D eigenvalue weighted by atomic mass is 35.5. The molecule has 2 aromatic heterocycles. The summed E-state index contributed by atoms with van der Waals surface area (Å²) in [5, 5.41) is 2.73. The van der Waals surface area contributed by atoms with Crippen molar-refractivity contribution in [1.82, 2.24) is 19.9 Å². The Bertz CT molecular complexity index is 912. The van der Waals surface area contributed by atoms with Gasteiger partial charge in [0.2, 0.25) is 0 Å². The number of imidazole rings is 1. The Balaban J connectivity index is 1.86. The highest BCUT2D eigenvalue weighted by molar-refractivity contribution is 6.31. The van der Waals surface area contributed by atoms with Crippen molar-refractivity contribution in [3.05, 3.63) is 40.9 Å². The number of hydrogen-bond acceptors (Lipinski definition) is 5. The van der Waals surface area contributed by atoms with E-state index in [4.69, 9.17) is 23.1 Å². The van der Waals surface area contributed by atoms with Gasteiger partial charge in [0.05, 0.1) is 14.1 Å². The summed E-state index contributed by atoms with van der Waals surface area (Å²) in [5.74, 6) is 0.381. The lowest BCUT2D eigenvalue weighted by molar-refractivity contribution is -0.654. The van der Waals surface area contributed by atoms with Crippen LogP contribution in [0.3, 0.4) is 0 Å². The first-order valence-corrected chi connectivity index (χ1v) is 7.57. The van der Waals surface area contributed by atoms with Crippen LogP contribution < -0.4 is 21.4 Å². The number of benzene rings is 1. The molecule has 0 aliphatic rings. The van der Waals surface area contributed by atoms with Gasteiger partial charge < -0.3 is 16.8 Å². The number of aromatic nitrogens is 4. The number of fused-ring (bicyclic) bond motifs is 1. The molecule has 124 valence electrons. The third-order valence-electron chi connectivity index (χ3n) is 3.91. The van der Waals surface area contributed by atoms with Crippen LogP contribution in [-0.2, 0) is 20.6 Å². The second-order valence-electron chi connectivity index (χ2n) is 5.34. The Morgan fingerprint density at radius 3 is 2.71 bits per heavy atom. The zero-order valence-corrected chi connectivity index (χ0v) is 14.0. The molecule has 9 heteroatoms. The van der Waals surface area contributed by atoms with Crippen molar-refractivity contribution in [2.75, 3.05) is 11.5 Å². The molecule has 0 saturated carbocycles. The molecule has 0 unspecified atom stereocenters. The normalized spacial score (nSPS) is 11.0. The van der Waals surface area contributed by atoms with Crippen LogP contribution in [0.1, 0.15) is 16.3 Å². The number of para-hydroxylation sites is 2. The van der Waals surface area contributed by atoms with Crippen LogP contribution in [0.2, 0.25) is 5.15 Å². The van der Waals surface area contributed by atoms with Gasteiger partial charge in [-0.1, -0.05) is 23.7 Å². The molecule has 0 bridgehead atoms. The van der Waals surface area contributed by atoms with Crippen molar-refractivity contribution in [3.63, 3.8) is 0 Å². The van der Waals surface area contributed by atoms with Gasteiger partial charge in [-0.2, -0.15) is 0 Å². The van der Waals surface area contributed by atoms with Crippen LogP contribution in [0.4, 0.5) is 11.6 Å². The van der Waals surface area contributed by atoms with E-state index in [9.17, 15) is 4.79 Å². The lowest BCUT2D eigenvalue weighted by Crippen LogP contribution is -2.37. The number of hydrogen-bond donors (Lipinski definition) is 3. The van der Waals surface area contributed by atoms with E-state index < -0.39 is 5.91 Å². The van der Waals surface area contributed by atoms with E-state index in [0.29, 0.717) is 6.54 Å². The molecule has 0 aliphatic carbocycles. The highest BCUT2D eigenvalue weighted by Crippen LogP contribution is 2.17. The maximum absolute atomic E-state index is 12.3. The molecule has 3 rings (SSSR count). The number of nitrogens with one attached hydrogen (secondary N) is 1. The number of carbonyl (C=O) groups is 1. The van der Waals surface area contributed by atoms with Crippen LogP contribution in [-0.4, -0.2) is 20.4 Å². The maximum atomic E-state index is 12.3. The Hall–Kier alpha value is -2.87. The molecule has 1 amide bonds. The number of anilines is 2. The lowest BCUT2D eigenvalue weighted by atomic mass is 10.3. The molecule has 0 aliphatic heterocycles. The molecule has 3 aromatic rings. The molecular weight excluding hydrogens is 330 g/mol. The van der Waals surface area contributed by atoms with Gasteiger partial charge >= 0.3 is 0 Å². The van der Waals surface area contributed by atoms with E-state index in [1.807, 2.05) is 47.5 Å². The quantitative estimate of drug-likeness (QED) is 0.599. The SMILES string of the molecule is Cn1c(CNC(=O)c2nc(Cl)c(N)nc2N)[n+](C)c2ccccc21. The zero-order valence-electron chi connectivity index (χ0n) is 13.2. The fraction of sp³-hybridized carbons (Fsp3) is 0.200. The van der Waals surface area contributed by atoms with Gasteiger partial charge in [0.15, 0.2) is 33.5 Å². The average Bonchev–Trinajstić information content (AvgIpc) is 2.80. The van der Waals surface area contributed by atoms with Crippen LogP contribution in [0.5, 0.6) is 0 Å². The summed E-state index contributed by atoms with van der Waals surface area (Å²) in [6.07, 6.45) is 0. The fourth-order valence-corrected chi connectivity index (χ4v) is 2.75. The third-order valence-corrected chi connectivity index (χ3v) is 4.18. The van der Waals surface area contributed by atoms with E-state index in [0.717, 1.165) is 16.9 Å². The molecule has 5 N–H and O–H groups in total. The first-order valence-electron chi connectivity index (χ1n) is 7.19. The molecule has 0 spiro atoms. The number of nitrogens with zero attached hydrogens (tertiary/aromatic N) is 4. The topological polar surface area (TPSA) is 116 Å². The number of rotatable bonds is 3. The predicted molar refractivity (Wildman–Crippen MR) is 91.1 cm³/mol. The summed E-state index contributed by atoms with van der Waals surface area (Å²) in [6, 6.07) is 7.97. The smallest absolute Gasteiger partial charge is 0.276 e. The fourth-order valence-electron chi connectivity index (χ4n) is 2.62.